The van der Waals surface area contributed by atoms with Crippen molar-refractivity contribution in [2.75, 3.05) is 0 Å². The predicted molar refractivity (Wildman–Crippen MR) is 72.2 cm³/mol. The first-order valence-electron chi connectivity index (χ1n) is 5.48. The molecule has 2 aromatic rings. The molecule has 0 amide bonds. The van der Waals surface area contributed by atoms with Crippen LogP contribution in [0, 0.1) is 0 Å². The Morgan fingerprint density at radius 3 is 2.39 bits per heavy atom. The van der Waals surface area contributed by atoms with Gasteiger partial charge in [-0.05, 0) is 37.3 Å². The fourth-order valence-electron chi connectivity index (χ4n) is 1.62. The van der Waals surface area contributed by atoms with Gasteiger partial charge in [0.05, 0.1) is 6.26 Å². The largest absolute Gasteiger partial charge is 0.481 e. The number of hydrogen-bond acceptors (Lipinski definition) is 3. The van der Waals surface area contributed by atoms with Crippen LogP contribution in [-0.2, 0) is 0 Å². The lowest BCUT2D eigenvalue weighted by molar-refractivity contribution is 0.153. The monoisotopic (exact) mass is 285 g/mol. The third-order valence-electron chi connectivity index (χ3n) is 2.40. The Bertz CT molecular complexity index is 491. The van der Waals surface area contributed by atoms with Crippen molar-refractivity contribution in [2.45, 2.75) is 19.1 Å². The summed E-state index contributed by atoms with van der Waals surface area (Å²) in [6.07, 6.45) is 1.20. The third kappa shape index (κ3) is 3.19. The van der Waals surface area contributed by atoms with Crippen LogP contribution in [0.4, 0.5) is 0 Å². The van der Waals surface area contributed by atoms with E-state index < -0.39 is 0 Å². The van der Waals surface area contributed by atoms with Gasteiger partial charge in [-0.1, -0.05) is 23.2 Å². The van der Waals surface area contributed by atoms with Gasteiger partial charge in [0.25, 0.3) is 0 Å². The Hall–Kier alpha value is -1.16. The zero-order valence-electron chi connectivity index (χ0n) is 9.77. The van der Waals surface area contributed by atoms with Gasteiger partial charge in [-0.3, -0.25) is 0 Å². The first kappa shape index (κ1) is 13.3. The molecule has 0 saturated carbocycles. The summed E-state index contributed by atoms with van der Waals surface area (Å²) in [5, 5.41) is 1.03. The fourth-order valence-corrected chi connectivity index (χ4v) is 2.13. The number of furan rings is 1. The molecule has 2 N–H and O–H groups in total. The molecule has 0 bridgehead atoms. The van der Waals surface area contributed by atoms with E-state index in [4.69, 9.17) is 38.1 Å². The van der Waals surface area contributed by atoms with Crippen LogP contribution in [0.1, 0.15) is 18.8 Å². The summed E-state index contributed by atoms with van der Waals surface area (Å²) in [5.74, 6) is 1.23. The van der Waals surface area contributed by atoms with Crippen LogP contribution in [0.3, 0.4) is 0 Å². The minimum Gasteiger partial charge on any atom is -0.481 e. The minimum absolute atomic E-state index is 0.228. The van der Waals surface area contributed by atoms with Gasteiger partial charge in [-0.15, -0.1) is 0 Å². The molecule has 0 aliphatic rings. The molecule has 2 unspecified atom stereocenters. The summed E-state index contributed by atoms with van der Waals surface area (Å²) >= 11 is 11.8. The van der Waals surface area contributed by atoms with E-state index in [2.05, 4.69) is 0 Å². The molecule has 0 fully saturated rings. The Kier molecular flexibility index (Phi) is 4.17. The Balaban J connectivity index is 2.24. The van der Waals surface area contributed by atoms with E-state index in [1.165, 1.54) is 0 Å². The number of hydrogen-bond donors (Lipinski definition) is 1. The predicted octanol–water partition coefficient (Wildman–Crippen LogP) is 4.05. The molecular formula is C13H13Cl2NO2. The molecule has 5 heteroatoms. The number of ether oxygens (including phenoxy) is 1. The standard InChI is InChI=1S/C13H13Cl2NO2/c1-8(16)13(12-3-2-4-17-12)18-11-6-9(14)5-10(15)7-11/h2-8,13H,16H2,1H3. The molecule has 0 saturated heterocycles. The van der Waals surface area contributed by atoms with E-state index >= 15 is 0 Å². The SMILES string of the molecule is CC(N)C(Oc1cc(Cl)cc(Cl)c1)c1ccco1. The number of rotatable bonds is 4. The molecule has 0 radical (unpaired) electrons. The third-order valence-corrected chi connectivity index (χ3v) is 2.84. The maximum Gasteiger partial charge on any atom is 0.171 e. The zero-order valence-corrected chi connectivity index (χ0v) is 11.3. The van der Waals surface area contributed by atoms with Crippen molar-refractivity contribution in [1.29, 1.82) is 0 Å². The maximum absolute atomic E-state index is 5.92. The molecule has 1 heterocycles. The van der Waals surface area contributed by atoms with Crippen molar-refractivity contribution in [3.8, 4) is 5.75 Å². The smallest absolute Gasteiger partial charge is 0.171 e. The highest BCUT2D eigenvalue weighted by Gasteiger charge is 2.21. The molecule has 18 heavy (non-hydrogen) atoms. The van der Waals surface area contributed by atoms with Gasteiger partial charge >= 0.3 is 0 Å². The van der Waals surface area contributed by atoms with Crippen LogP contribution in [0.25, 0.3) is 0 Å². The molecule has 96 valence electrons. The normalized spacial score (nSPS) is 14.2. The molecule has 3 nitrogen and oxygen atoms in total. The van der Waals surface area contributed by atoms with Gasteiger partial charge in [0.15, 0.2) is 6.10 Å². The lowest BCUT2D eigenvalue weighted by atomic mass is 10.1. The average Bonchev–Trinajstić information content (AvgIpc) is 2.77. The number of nitrogens with two attached hydrogens (primary N) is 1. The van der Waals surface area contributed by atoms with Crippen LogP contribution in [-0.4, -0.2) is 6.04 Å². The van der Waals surface area contributed by atoms with Crippen molar-refractivity contribution in [1.82, 2.24) is 0 Å². The highest BCUT2D eigenvalue weighted by Crippen LogP contribution is 2.29. The van der Waals surface area contributed by atoms with Crippen LogP contribution in [0.2, 0.25) is 10.0 Å². The van der Waals surface area contributed by atoms with Crippen LogP contribution >= 0.6 is 23.2 Å². The molecule has 2 rings (SSSR count). The van der Waals surface area contributed by atoms with Gasteiger partial charge in [0.2, 0.25) is 0 Å². The molecule has 1 aromatic carbocycles. The molecular weight excluding hydrogens is 273 g/mol. The van der Waals surface area contributed by atoms with Crippen molar-refractivity contribution in [2.24, 2.45) is 5.73 Å². The van der Waals surface area contributed by atoms with Gasteiger partial charge < -0.3 is 14.9 Å². The summed E-state index contributed by atoms with van der Waals surface area (Å²) in [6, 6.07) is 8.40. The zero-order chi connectivity index (χ0) is 13.1. The lowest BCUT2D eigenvalue weighted by Gasteiger charge is -2.20. The van der Waals surface area contributed by atoms with Crippen LogP contribution < -0.4 is 10.5 Å². The molecule has 0 spiro atoms. The highest BCUT2D eigenvalue weighted by atomic mass is 35.5. The van der Waals surface area contributed by atoms with E-state index in [1.54, 1.807) is 30.5 Å². The summed E-state index contributed by atoms with van der Waals surface area (Å²) in [4.78, 5) is 0. The van der Waals surface area contributed by atoms with Gasteiger partial charge in [-0.25, -0.2) is 0 Å². The number of halogens is 2. The Labute approximate surface area is 115 Å². The molecule has 0 aliphatic carbocycles. The average molecular weight is 286 g/mol. The van der Waals surface area contributed by atoms with Crippen molar-refractivity contribution < 1.29 is 9.15 Å². The van der Waals surface area contributed by atoms with E-state index in [0.29, 0.717) is 21.6 Å². The highest BCUT2D eigenvalue weighted by molar-refractivity contribution is 6.34. The van der Waals surface area contributed by atoms with Crippen LogP contribution in [0.15, 0.2) is 41.0 Å². The topological polar surface area (TPSA) is 48.4 Å². The van der Waals surface area contributed by atoms with Crippen molar-refractivity contribution in [3.05, 3.63) is 52.4 Å². The van der Waals surface area contributed by atoms with Crippen molar-refractivity contribution >= 4 is 23.2 Å². The minimum atomic E-state index is -0.380. The van der Waals surface area contributed by atoms with E-state index in [9.17, 15) is 0 Å². The Morgan fingerprint density at radius 2 is 1.89 bits per heavy atom. The molecule has 2 atom stereocenters. The molecule has 0 aliphatic heterocycles. The lowest BCUT2D eigenvalue weighted by Crippen LogP contribution is -2.28. The summed E-state index contributed by atoms with van der Waals surface area (Å²) < 4.78 is 11.1. The maximum atomic E-state index is 5.92. The first-order valence-corrected chi connectivity index (χ1v) is 6.23. The van der Waals surface area contributed by atoms with E-state index in [1.807, 2.05) is 13.0 Å². The van der Waals surface area contributed by atoms with E-state index in [-0.39, 0.29) is 12.1 Å². The van der Waals surface area contributed by atoms with Gasteiger partial charge in [0.1, 0.15) is 11.5 Å². The Morgan fingerprint density at radius 1 is 1.22 bits per heavy atom. The van der Waals surface area contributed by atoms with E-state index in [0.717, 1.165) is 0 Å². The quantitative estimate of drug-likeness (QED) is 0.922. The fraction of sp³-hybridized carbons (Fsp3) is 0.231. The number of benzene rings is 1. The van der Waals surface area contributed by atoms with Gasteiger partial charge in [-0.2, -0.15) is 0 Å². The van der Waals surface area contributed by atoms with Crippen molar-refractivity contribution in [3.63, 3.8) is 0 Å². The summed E-state index contributed by atoms with van der Waals surface area (Å²) in [7, 11) is 0. The second-order valence-electron chi connectivity index (χ2n) is 4.02. The van der Waals surface area contributed by atoms with Gasteiger partial charge in [0, 0.05) is 16.1 Å². The van der Waals surface area contributed by atoms with Crippen LogP contribution in [0.5, 0.6) is 5.75 Å². The summed E-state index contributed by atoms with van der Waals surface area (Å²) in [5.41, 5.74) is 5.90. The second-order valence-corrected chi connectivity index (χ2v) is 4.89. The molecule has 1 aromatic heterocycles. The summed E-state index contributed by atoms with van der Waals surface area (Å²) in [6.45, 7) is 1.85. The first-order chi connectivity index (χ1) is 8.56. The second kappa shape index (κ2) is 5.65.